The first-order valence-electron chi connectivity index (χ1n) is 13.8. The number of methoxy groups -OCH3 is 2. The third-order valence-corrected chi connectivity index (χ3v) is 7.77. The summed E-state index contributed by atoms with van der Waals surface area (Å²) in [4.78, 5) is 41.0. The zero-order valence-corrected chi connectivity index (χ0v) is 25.1. The average molecular weight is 553 g/mol. The van der Waals surface area contributed by atoms with Crippen LogP contribution in [0.2, 0.25) is 0 Å². The summed E-state index contributed by atoms with van der Waals surface area (Å²) in [5, 5.41) is 6.45. The van der Waals surface area contributed by atoms with Crippen LogP contribution in [0.5, 0.6) is 0 Å². The van der Waals surface area contributed by atoms with E-state index in [1.807, 2.05) is 53.7 Å². The molecular weight excluding hydrogens is 508 g/mol. The van der Waals surface area contributed by atoms with Crippen molar-refractivity contribution < 1.29 is 19.1 Å². The van der Waals surface area contributed by atoms with Crippen molar-refractivity contribution in [2.75, 3.05) is 40.4 Å². The molecule has 0 aliphatic carbocycles. The molecule has 2 N–H and O–H groups in total. The molecule has 2 amide bonds. The van der Waals surface area contributed by atoms with E-state index in [1.54, 1.807) is 26.6 Å². The molecule has 0 radical (unpaired) electrons. The molecule has 2 aromatic rings. The molecule has 2 unspecified atom stereocenters. The Hall–Kier alpha value is -2.92. The first-order chi connectivity index (χ1) is 18.7. The third-order valence-electron chi connectivity index (χ3n) is 7.77. The number of rotatable bonds is 3. The van der Waals surface area contributed by atoms with E-state index in [2.05, 4.69) is 37.6 Å². The molecule has 0 saturated carbocycles. The molecule has 10 nitrogen and oxygen atoms in total. The summed E-state index contributed by atoms with van der Waals surface area (Å²) in [6, 6.07) is 8.16. The number of amides is 2. The first-order valence-corrected chi connectivity index (χ1v) is 13.8. The summed E-state index contributed by atoms with van der Waals surface area (Å²) in [5.74, 6) is -0.371. The lowest BCUT2D eigenvalue weighted by molar-refractivity contribution is -0.150. The predicted octanol–water partition coefficient (Wildman–Crippen LogP) is 2.37. The number of carbonyl (C=O) groups excluding carboxylic acids is 2. The molecule has 10 heteroatoms. The number of carbonyl (C=O) groups is 2. The van der Waals surface area contributed by atoms with Gasteiger partial charge in [-0.3, -0.25) is 29.4 Å². The van der Waals surface area contributed by atoms with Crippen LogP contribution in [0, 0.1) is 0 Å². The monoisotopic (exact) mass is 552 g/mol. The van der Waals surface area contributed by atoms with Crippen LogP contribution in [0.4, 0.5) is 0 Å². The van der Waals surface area contributed by atoms with Crippen molar-refractivity contribution in [2.45, 2.75) is 76.9 Å². The summed E-state index contributed by atoms with van der Waals surface area (Å²) < 4.78 is 11.8. The second-order valence-electron chi connectivity index (χ2n) is 12.9. The first kappa shape index (κ1) is 30.0. The van der Waals surface area contributed by atoms with Gasteiger partial charge in [0.15, 0.2) is 11.2 Å². The Kier molecular flexibility index (Phi) is 8.38. The smallest absolute Gasteiger partial charge is 0.253 e. The van der Waals surface area contributed by atoms with E-state index in [4.69, 9.17) is 14.5 Å². The van der Waals surface area contributed by atoms with Gasteiger partial charge >= 0.3 is 0 Å². The molecule has 2 aromatic heterocycles. The Morgan fingerprint density at radius 3 is 1.52 bits per heavy atom. The van der Waals surface area contributed by atoms with E-state index in [1.165, 1.54) is 0 Å². The van der Waals surface area contributed by atoms with E-state index in [9.17, 15) is 9.59 Å². The van der Waals surface area contributed by atoms with Crippen molar-refractivity contribution in [3.8, 4) is 11.1 Å². The van der Waals surface area contributed by atoms with E-state index in [-0.39, 0.29) is 11.8 Å². The second kappa shape index (κ2) is 11.2. The predicted molar refractivity (Wildman–Crippen MR) is 153 cm³/mol. The fourth-order valence-corrected chi connectivity index (χ4v) is 5.70. The third kappa shape index (κ3) is 6.86. The largest absolute Gasteiger partial charge is 0.367 e. The van der Waals surface area contributed by atoms with Gasteiger partial charge in [-0.25, -0.2) is 0 Å². The van der Waals surface area contributed by atoms with Crippen molar-refractivity contribution in [3.63, 3.8) is 0 Å². The van der Waals surface area contributed by atoms with Crippen LogP contribution < -0.4 is 10.6 Å². The molecule has 4 rings (SSSR count). The molecule has 40 heavy (non-hydrogen) atoms. The Balaban J connectivity index is 1.94. The highest BCUT2D eigenvalue weighted by Gasteiger charge is 2.43. The molecular formula is C30H44N6O4. The maximum atomic E-state index is 13.7. The molecule has 0 aromatic carbocycles. The minimum absolute atomic E-state index is 0.185. The highest BCUT2D eigenvalue weighted by atomic mass is 16.5. The summed E-state index contributed by atoms with van der Waals surface area (Å²) >= 11 is 0. The van der Waals surface area contributed by atoms with Crippen LogP contribution in [0.1, 0.15) is 52.9 Å². The number of hydrogen-bond acceptors (Lipinski definition) is 8. The van der Waals surface area contributed by atoms with Gasteiger partial charge in [0, 0.05) is 77.0 Å². The Labute approximate surface area is 237 Å². The fraction of sp³-hybridized carbons (Fsp3) is 0.600. The van der Waals surface area contributed by atoms with E-state index in [0.29, 0.717) is 39.3 Å². The molecule has 4 bridgehead atoms. The van der Waals surface area contributed by atoms with Gasteiger partial charge in [-0.2, -0.15) is 0 Å². The van der Waals surface area contributed by atoms with Gasteiger partial charge < -0.3 is 20.1 Å². The summed E-state index contributed by atoms with van der Waals surface area (Å²) in [5.41, 5.74) is 0.281. The van der Waals surface area contributed by atoms with Gasteiger partial charge in [0.05, 0.1) is 11.4 Å². The summed E-state index contributed by atoms with van der Waals surface area (Å²) in [6.07, 6.45) is 3.57. The molecule has 4 heterocycles. The molecule has 0 spiro atoms. The van der Waals surface area contributed by atoms with Crippen LogP contribution in [0.3, 0.4) is 0 Å². The van der Waals surface area contributed by atoms with E-state index in [0.717, 1.165) is 22.5 Å². The van der Waals surface area contributed by atoms with Gasteiger partial charge in [-0.15, -0.1) is 0 Å². The highest BCUT2D eigenvalue weighted by molar-refractivity contribution is 5.86. The standard InChI is InChI=1S/C30H44N6O4/c1-27(2)17-35-15-23-13-22(21-9-11-31-12-10-21)14-24(32-23)16-36(20-29(5,39-7)25(37)33-27)18-28(3,4)34-26(38)30(6,19-35)40-8/h9-14H,15-20H2,1-8H3,(H,33,37)(H,34,38)/t29-,30+. The average Bonchev–Trinajstić information content (AvgIpc) is 2.87. The maximum Gasteiger partial charge on any atom is 0.253 e. The van der Waals surface area contributed by atoms with Crippen molar-refractivity contribution in [2.24, 2.45) is 0 Å². The van der Waals surface area contributed by atoms with Crippen LogP contribution in [0.25, 0.3) is 11.1 Å². The number of ether oxygens (including phenoxy) is 2. The zero-order chi connectivity index (χ0) is 29.3. The summed E-state index contributed by atoms with van der Waals surface area (Å²) in [7, 11) is 3.13. The number of nitrogens with zero attached hydrogens (tertiary/aromatic N) is 4. The topological polar surface area (TPSA) is 109 Å². The van der Waals surface area contributed by atoms with Crippen molar-refractivity contribution >= 4 is 11.8 Å². The van der Waals surface area contributed by atoms with Gasteiger partial charge in [-0.1, -0.05) is 0 Å². The lowest BCUT2D eigenvalue weighted by Crippen LogP contribution is -2.65. The number of nitrogens with one attached hydrogen (secondary N) is 2. The number of pyridine rings is 2. The highest BCUT2D eigenvalue weighted by Crippen LogP contribution is 2.27. The van der Waals surface area contributed by atoms with Crippen molar-refractivity contribution in [1.29, 1.82) is 0 Å². The number of aromatic nitrogens is 2. The minimum Gasteiger partial charge on any atom is -0.367 e. The van der Waals surface area contributed by atoms with Crippen LogP contribution in [-0.4, -0.2) is 94.3 Å². The molecule has 0 fully saturated rings. The minimum atomic E-state index is -1.13. The van der Waals surface area contributed by atoms with Gasteiger partial charge in [-0.05, 0) is 76.9 Å². The van der Waals surface area contributed by atoms with Gasteiger partial charge in [0.1, 0.15) is 0 Å². The Morgan fingerprint density at radius 2 is 1.12 bits per heavy atom. The maximum absolute atomic E-state index is 13.7. The zero-order valence-electron chi connectivity index (χ0n) is 25.1. The quantitative estimate of drug-likeness (QED) is 0.598. The van der Waals surface area contributed by atoms with Crippen LogP contribution >= 0.6 is 0 Å². The summed E-state index contributed by atoms with van der Waals surface area (Å²) in [6.45, 7) is 14.0. The van der Waals surface area contributed by atoms with E-state index < -0.39 is 22.3 Å². The van der Waals surface area contributed by atoms with Gasteiger partial charge in [0.2, 0.25) is 0 Å². The molecule has 218 valence electrons. The van der Waals surface area contributed by atoms with E-state index >= 15 is 0 Å². The number of hydrogen-bond donors (Lipinski definition) is 2. The second-order valence-corrected chi connectivity index (χ2v) is 12.9. The van der Waals surface area contributed by atoms with Crippen LogP contribution in [-0.2, 0) is 32.2 Å². The lowest BCUT2D eigenvalue weighted by atomic mass is 9.95. The molecule has 0 saturated heterocycles. The number of fused-ring (bicyclic) bond motifs is 2. The van der Waals surface area contributed by atoms with Crippen molar-refractivity contribution in [3.05, 3.63) is 48.0 Å². The Bertz CT molecular complexity index is 1160. The van der Waals surface area contributed by atoms with Gasteiger partial charge in [0.25, 0.3) is 11.8 Å². The van der Waals surface area contributed by atoms with Crippen LogP contribution in [0.15, 0.2) is 36.7 Å². The molecule has 2 aliphatic heterocycles. The lowest BCUT2D eigenvalue weighted by Gasteiger charge is -2.43. The normalized spacial score (nSPS) is 30.7. The molecule has 2 aliphatic rings. The molecule has 4 atom stereocenters. The SMILES string of the molecule is CO[C@]1(C)CN2Cc3cc(-c4ccncc4)cc(n3)CN(CC(C)(C)NC1=O)C[C@](C)(OC)C(=O)NC(C)(C)C2. The Morgan fingerprint density at radius 1 is 0.700 bits per heavy atom. The fourth-order valence-electron chi connectivity index (χ4n) is 5.70. The van der Waals surface area contributed by atoms with Crippen molar-refractivity contribution in [1.82, 2.24) is 30.4 Å².